The lowest BCUT2D eigenvalue weighted by Gasteiger charge is -2.13. The molecule has 90 valence electrons. The van der Waals surface area contributed by atoms with Gasteiger partial charge in [-0.25, -0.2) is 0 Å². The fourth-order valence-electron chi connectivity index (χ4n) is 1.08. The Bertz CT molecular complexity index is 173. The van der Waals surface area contributed by atoms with Crippen molar-refractivity contribution in [3.63, 3.8) is 0 Å². The number of ether oxygens (including phenoxy) is 2. The van der Waals surface area contributed by atoms with Gasteiger partial charge in [0.2, 0.25) is 0 Å². The average molecular weight is 217 g/mol. The molecule has 0 aliphatic rings. The van der Waals surface area contributed by atoms with E-state index in [0.717, 1.165) is 6.42 Å². The Morgan fingerprint density at radius 2 is 2.07 bits per heavy atom. The summed E-state index contributed by atoms with van der Waals surface area (Å²) in [4.78, 5) is 11.3. The Morgan fingerprint density at radius 3 is 2.60 bits per heavy atom. The number of carbonyl (C=O) groups is 1. The molecule has 0 aliphatic carbocycles. The predicted octanol–water partition coefficient (Wildman–Crippen LogP) is 1.33. The Hall–Kier alpha value is -0.610. The van der Waals surface area contributed by atoms with Gasteiger partial charge in [-0.2, -0.15) is 0 Å². The second kappa shape index (κ2) is 8.68. The maximum absolute atomic E-state index is 11.3. The first kappa shape index (κ1) is 14.4. The quantitative estimate of drug-likeness (QED) is 0.623. The molecule has 15 heavy (non-hydrogen) atoms. The van der Waals surface area contributed by atoms with Crippen molar-refractivity contribution in [3.8, 4) is 0 Å². The minimum atomic E-state index is -0.164. The van der Waals surface area contributed by atoms with E-state index in [1.54, 1.807) is 0 Å². The van der Waals surface area contributed by atoms with Crippen LogP contribution in [0.15, 0.2) is 0 Å². The third-order valence-corrected chi connectivity index (χ3v) is 2.13. The van der Waals surface area contributed by atoms with Crippen LogP contribution in [-0.2, 0) is 14.3 Å². The molecule has 0 saturated carbocycles. The van der Waals surface area contributed by atoms with Gasteiger partial charge in [-0.15, -0.1) is 0 Å². The molecule has 2 atom stereocenters. The second-order valence-electron chi connectivity index (χ2n) is 3.84. The van der Waals surface area contributed by atoms with Crippen molar-refractivity contribution in [2.75, 3.05) is 19.8 Å². The standard InChI is InChI=1S/C11H23NO3/c1-4-14-8-10(3)15-11(13)6-5-9(2)7-12/h9-10H,4-8,12H2,1-3H3. The number of hydrogen-bond donors (Lipinski definition) is 1. The van der Waals surface area contributed by atoms with E-state index in [9.17, 15) is 4.79 Å². The molecular formula is C11H23NO3. The van der Waals surface area contributed by atoms with Gasteiger partial charge in [-0.3, -0.25) is 4.79 Å². The zero-order chi connectivity index (χ0) is 11.7. The maximum atomic E-state index is 11.3. The van der Waals surface area contributed by atoms with Crippen LogP contribution in [0.4, 0.5) is 0 Å². The molecule has 0 saturated heterocycles. The largest absolute Gasteiger partial charge is 0.460 e. The van der Waals surface area contributed by atoms with Crippen LogP contribution in [0.5, 0.6) is 0 Å². The predicted molar refractivity (Wildman–Crippen MR) is 59.5 cm³/mol. The summed E-state index contributed by atoms with van der Waals surface area (Å²) < 4.78 is 10.3. The summed E-state index contributed by atoms with van der Waals surface area (Å²) in [7, 11) is 0. The van der Waals surface area contributed by atoms with Crippen molar-refractivity contribution >= 4 is 5.97 Å². The maximum Gasteiger partial charge on any atom is 0.306 e. The van der Waals surface area contributed by atoms with Crippen LogP contribution in [0, 0.1) is 5.92 Å². The third kappa shape index (κ3) is 8.39. The van der Waals surface area contributed by atoms with Crippen LogP contribution < -0.4 is 5.73 Å². The van der Waals surface area contributed by atoms with Crippen LogP contribution in [0.3, 0.4) is 0 Å². The molecular weight excluding hydrogens is 194 g/mol. The summed E-state index contributed by atoms with van der Waals surface area (Å²) >= 11 is 0. The summed E-state index contributed by atoms with van der Waals surface area (Å²) in [5.41, 5.74) is 5.45. The molecule has 0 aromatic rings. The van der Waals surface area contributed by atoms with E-state index < -0.39 is 0 Å². The van der Waals surface area contributed by atoms with Crippen LogP contribution in [0.1, 0.15) is 33.6 Å². The van der Waals surface area contributed by atoms with Crippen LogP contribution in [0.2, 0.25) is 0 Å². The third-order valence-electron chi connectivity index (χ3n) is 2.13. The molecule has 2 unspecified atom stereocenters. The molecule has 2 N–H and O–H groups in total. The molecule has 0 spiro atoms. The van der Waals surface area contributed by atoms with Gasteiger partial charge >= 0.3 is 5.97 Å². The molecule has 0 aromatic carbocycles. The number of esters is 1. The van der Waals surface area contributed by atoms with Crippen LogP contribution in [-0.4, -0.2) is 31.8 Å². The second-order valence-corrected chi connectivity index (χ2v) is 3.84. The lowest BCUT2D eigenvalue weighted by molar-refractivity contribution is -0.151. The minimum Gasteiger partial charge on any atom is -0.460 e. The van der Waals surface area contributed by atoms with Crippen LogP contribution in [0.25, 0.3) is 0 Å². The van der Waals surface area contributed by atoms with Crippen molar-refractivity contribution in [2.45, 2.75) is 39.7 Å². The molecule has 0 aromatic heterocycles. The first-order valence-corrected chi connectivity index (χ1v) is 5.57. The Labute approximate surface area is 92.1 Å². The fraction of sp³-hybridized carbons (Fsp3) is 0.909. The number of hydrogen-bond acceptors (Lipinski definition) is 4. The number of nitrogens with two attached hydrogens (primary N) is 1. The molecule has 0 bridgehead atoms. The van der Waals surface area contributed by atoms with E-state index >= 15 is 0 Å². The van der Waals surface area contributed by atoms with Gasteiger partial charge in [-0.1, -0.05) is 6.92 Å². The van der Waals surface area contributed by atoms with Gasteiger partial charge in [0.25, 0.3) is 0 Å². The molecule has 4 heteroatoms. The number of rotatable bonds is 8. The van der Waals surface area contributed by atoms with Gasteiger partial charge in [0, 0.05) is 13.0 Å². The summed E-state index contributed by atoms with van der Waals surface area (Å²) in [6, 6.07) is 0. The van der Waals surface area contributed by atoms with Crippen molar-refractivity contribution in [1.82, 2.24) is 0 Å². The van der Waals surface area contributed by atoms with E-state index in [-0.39, 0.29) is 12.1 Å². The SMILES string of the molecule is CCOCC(C)OC(=O)CCC(C)CN. The van der Waals surface area contributed by atoms with Crippen LogP contribution >= 0.6 is 0 Å². The first-order chi connectivity index (χ1) is 7.10. The lowest BCUT2D eigenvalue weighted by Crippen LogP contribution is -2.21. The number of carbonyl (C=O) groups excluding carboxylic acids is 1. The molecule has 0 fully saturated rings. The van der Waals surface area contributed by atoms with E-state index in [1.165, 1.54) is 0 Å². The first-order valence-electron chi connectivity index (χ1n) is 5.57. The normalized spacial score (nSPS) is 14.7. The Morgan fingerprint density at radius 1 is 1.40 bits per heavy atom. The highest BCUT2D eigenvalue weighted by atomic mass is 16.6. The monoisotopic (exact) mass is 217 g/mol. The van der Waals surface area contributed by atoms with E-state index in [2.05, 4.69) is 0 Å². The molecule has 4 nitrogen and oxygen atoms in total. The van der Waals surface area contributed by atoms with Gasteiger partial charge < -0.3 is 15.2 Å². The summed E-state index contributed by atoms with van der Waals surface area (Å²) in [5, 5.41) is 0. The molecule has 0 rings (SSSR count). The van der Waals surface area contributed by atoms with Gasteiger partial charge in [0.1, 0.15) is 6.10 Å². The molecule has 0 aliphatic heterocycles. The van der Waals surface area contributed by atoms with E-state index in [0.29, 0.717) is 32.1 Å². The highest BCUT2D eigenvalue weighted by Gasteiger charge is 2.10. The summed E-state index contributed by atoms with van der Waals surface area (Å²) in [6.45, 7) is 7.50. The van der Waals surface area contributed by atoms with Gasteiger partial charge in [0.15, 0.2) is 0 Å². The lowest BCUT2D eigenvalue weighted by atomic mass is 10.1. The fourth-order valence-corrected chi connectivity index (χ4v) is 1.08. The zero-order valence-electron chi connectivity index (χ0n) is 9.99. The highest BCUT2D eigenvalue weighted by molar-refractivity contribution is 5.69. The summed E-state index contributed by atoms with van der Waals surface area (Å²) in [5.74, 6) is 0.210. The van der Waals surface area contributed by atoms with Gasteiger partial charge in [-0.05, 0) is 32.7 Å². The van der Waals surface area contributed by atoms with Crippen molar-refractivity contribution < 1.29 is 14.3 Å². The topological polar surface area (TPSA) is 61.5 Å². The molecule has 0 amide bonds. The molecule has 0 heterocycles. The Balaban J connectivity index is 3.55. The average Bonchev–Trinajstić information content (AvgIpc) is 2.22. The van der Waals surface area contributed by atoms with Gasteiger partial charge in [0.05, 0.1) is 6.61 Å². The zero-order valence-corrected chi connectivity index (χ0v) is 9.99. The smallest absolute Gasteiger partial charge is 0.306 e. The van der Waals surface area contributed by atoms with E-state index in [1.807, 2.05) is 20.8 Å². The van der Waals surface area contributed by atoms with Crippen molar-refractivity contribution in [2.24, 2.45) is 11.7 Å². The van der Waals surface area contributed by atoms with Crippen molar-refractivity contribution in [1.29, 1.82) is 0 Å². The minimum absolute atomic E-state index is 0.161. The van der Waals surface area contributed by atoms with Crippen molar-refractivity contribution in [3.05, 3.63) is 0 Å². The summed E-state index contributed by atoms with van der Waals surface area (Å²) in [6.07, 6.45) is 1.07. The molecule has 0 radical (unpaired) electrons. The van der Waals surface area contributed by atoms with E-state index in [4.69, 9.17) is 15.2 Å². The highest BCUT2D eigenvalue weighted by Crippen LogP contribution is 2.05. The Kier molecular flexibility index (Phi) is 8.33.